The first-order valence-corrected chi connectivity index (χ1v) is 12.9. The second-order valence-electron chi connectivity index (χ2n) is 9.75. The molecule has 0 saturated carbocycles. The molecule has 0 atom stereocenters. The number of nitrogens with zero attached hydrogens (tertiary/aromatic N) is 1. The van der Waals surface area contributed by atoms with Crippen LogP contribution in [-0.4, -0.2) is 24.1 Å². The van der Waals surface area contributed by atoms with E-state index in [1.54, 1.807) is 12.1 Å². The van der Waals surface area contributed by atoms with Crippen molar-refractivity contribution >= 4 is 38.8 Å². The van der Waals surface area contributed by atoms with Crippen molar-refractivity contribution in [3.63, 3.8) is 0 Å². The van der Waals surface area contributed by atoms with Gasteiger partial charge in [-0.3, -0.25) is 14.9 Å². The molecule has 4 aromatic carbocycles. The summed E-state index contributed by atoms with van der Waals surface area (Å²) < 4.78 is 11.0. The lowest BCUT2D eigenvalue weighted by molar-refractivity contribution is -0.384. The molecule has 2 aliphatic carbocycles. The maximum absolute atomic E-state index is 12.3. The van der Waals surface area contributed by atoms with Gasteiger partial charge < -0.3 is 9.47 Å². The highest BCUT2D eigenvalue weighted by molar-refractivity contribution is 6.02. The Morgan fingerprint density at radius 2 is 1.76 bits per heavy atom. The number of ether oxygens (including phenoxy) is 2. The number of rotatable bonds is 6. The van der Waals surface area contributed by atoms with Gasteiger partial charge in [-0.2, -0.15) is 0 Å². The molecule has 0 N–H and O–H groups in total. The average Bonchev–Trinajstić information content (AvgIpc) is 2.93. The molecule has 6 rings (SSSR count). The Balaban J connectivity index is 1.53. The van der Waals surface area contributed by atoms with E-state index in [-0.39, 0.29) is 29.6 Å². The van der Waals surface area contributed by atoms with Crippen molar-refractivity contribution in [3.8, 4) is 16.9 Å². The molecular formula is C32H27NO5. The minimum absolute atomic E-state index is 0.00887. The van der Waals surface area contributed by atoms with Crippen LogP contribution < -0.4 is 4.74 Å². The van der Waals surface area contributed by atoms with Gasteiger partial charge in [0.2, 0.25) is 5.75 Å². The highest BCUT2D eigenvalue weighted by Gasteiger charge is 2.26. The van der Waals surface area contributed by atoms with E-state index in [1.165, 1.54) is 29.2 Å². The molecule has 0 bridgehead atoms. The second-order valence-corrected chi connectivity index (χ2v) is 9.75. The van der Waals surface area contributed by atoms with Crippen molar-refractivity contribution in [1.82, 2.24) is 0 Å². The predicted molar refractivity (Wildman–Crippen MR) is 149 cm³/mol. The van der Waals surface area contributed by atoms with Crippen LogP contribution in [0.25, 0.3) is 38.2 Å². The lowest BCUT2D eigenvalue weighted by atomic mass is 9.79. The molecular weight excluding hydrogens is 478 g/mol. The first-order valence-electron chi connectivity index (χ1n) is 12.9. The van der Waals surface area contributed by atoms with Gasteiger partial charge in [-0.15, -0.1) is 0 Å². The van der Waals surface area contributed by atoms with Crippen molar-refractivity contribution in [1.29, 1.82) is 0 Å². The number of benzene rings is 4. The van der Waals surface area contributed by atoms with Crippen molar-refractivity contribution in [2.24, 2.45) is 0 Å². The number of fused-ring (bicyclic) bond motifs is 5. The maximum atomic E-state index is 12.3. The minimum atomic E-state index is -0.424. The zero-order valence-electron chi connectivity index (χ0n) is 21.2. The van der Waals surface area contributed by atoms with Crippen molar-refractivity contribution < 1.29 is 19.2 Å². The molecule has 2 aliphatic rings. The molecule has 38 heavy (non-hydrogen) atoms. The largest absolute Gasteiger partial charge is 0.483 e. The number of allylic oxidation sites excluding steroid dienone is 4. The van der Waals surface area contributed by atoms with Crippen LogP contribution in [0.15, 0.2) is 78.4 Å². The maximum Gasteiger partial charge on any atom is 0.319 e. The Kier molecular flexibility index (Phi) is 6.16. The summed E-state index contributed by atoms with van der Waals surface area (Å²) in [5.41, 5.74) is 6.90. The smallest absolute Gasteiger partial charge is 0.319 e. The van der Waals surface area contributed by atoms with Crippen LogP contribution in [0.5, 0.6) is 5.75 Å². The number of nitro benzene ring substituents is 1. The van der Waals surface area contributed by atoms with Crippen LogP contribution in [0.2, 0.25) is 0 Å². The number of carbonyl (C=O) groups is 1. The summed E-state index contributed by atoms with van der Waals surface area (Å²) in [6.07, 6.45) is 8.77. The third-order valence-corrected chi connectivity index (χ3v) is 7.48. The number of esters is 1. The fourth-order valence-electron chi connectivity index (χ4n) is 5.78. The summed E-state index contributed by atoms with van der Waals surface area (Å²) in [5, 5.41) is 15.9. The van der Waals surface area contributed by atoms with E-state index >= 15 is 0 Å². The van der Waals surface area contributed by atoms with E-state index in [9.17, 15) is 14.9 Å². The molecule has 0 aromatic heterocycles. The van der Waals surface area contributed by atoms with Crippen LogP contribution in [0, 0.1) is 10.1 Å². The quantitative estimate of drug-likeness (QED) is 0.117. The summed E-state index contributed by atoms with van der Waals surface area (Å²) in [4.78, 5) is 23.2. The topological polar surface area (TPSA) is 78.7 Å². The van der Waals surface area contributed by atoms with Gasteiger partial charge in [-0.05, 0) is 82.3 Å². The van der Waals surface area contributed by atoms with Crippen molar-refractivity contribution in [3.05, 3.63) is 99.6 Å². The average molecular weight is 506 g/mol. The van der Waals surface area contributed by atoms with E-state index in [2.05, 4.69) is 36.4 Å². The van der Waals surface area contributed by atoms with Crippen LogP contribution in [-0.2, 0) is 16.0 Å². The molecule has 0 spiro atoms. The standard InChI is InChI=1S/C32H27NO5/c1-20(34)37-16-17-38-32-30(19-23-7-3-5-9-26(23)31(32)33(35)36)24-11-10-22-13-14-27-25-8-4-2-6-21(25)12-15-28(27)29(22)18-24/h3-5,7-11,13-14,18-19H,2,6,12,15-17H2,1H3. The fraction of sp³-hybridized carbons (Fsp3) is 0.219. The van der Waals surface area contributed by atoms with Gasteiger partial charge in [-0.1, -0.05) is 60.2 Å². The number of aryl methyl sites for hydroxylation is 1. The minimum Gasteiger partial charge on any atom is -0.483 e. The molecule has 6 heteroatoms. The molecule has 190 valence electrons. The molecule has 0 radical (unpaired) electrons. The highest BCUT2D eigenvalue weighted by Crippen LogP contribution is 2.45. The van der Waals surface area contributed by atoms with E-state index in [1.807, 2.05) is 24.3 Å². The molecule has 0 aliphatic heterocycles. The normalized spacial score (nSPS) is 14.3. The fourth-order valence-corrected chi connectivity index (χ4v) is 5.78. The predicted octanol–water partition coefficient (Wildman–Crippen LogP) is 7.56. The first kappa shape index (κ1) is 23.9. The highest BCUT2D eigenvalue weighted by atomic mass is 16.6. The number of hydrogen-bond donors (Lipinski definition) is 0. The van der Waals surface area contributed by atoms with Gasteiger partial charge >= 0.3 is 11.7 Å². The monoisotopic (exact) mass is 505 g/mol. The van der Waals surface area contributed by atoms with E-state index < -0.39 is 5.97 Å². The van der Waals surface area contributed by atoms with Gasteiger partial charge in [0, 0.05) is 12.5 Å². The summed E-state index contributed by atoms with van der Waals surface area (Å²) >= 11 is 0. The second kappa shape index (κ2) is 9.78. The Hall–Kier alpha value is -4.45. The summed E-state index contributed by atoms with van der Waals surface area (Å²) in [6, 6.07) is 19.8. The molecule has 6 nitrogen and oxygen atoms in total. The molecule has 0 amide bonds. The Labute approximate surface area is 220 Å². The zero-order chi connectivity index (χ0) is 26.2. The molecule has 0 unspecified atom stereocenters. The molecule has 4 aromatic rings. The molecule has 0 saturated heterocycles. The van der Waals surface area contributed by atoms with Gasteiger partial charge in [0.1, 0.15) is 13.2 Å². The van der Waals surface area contributed by atoms with Crippen LogP contribution >= 0.6 is 0 Å². The van der Waals surface area contributed by atoms with E-state index in [0.717, 1.165) is 47.4 Å². The summed E-state index contributed by atoms with van der Waals surface area (Å²) in [6.45, 7) is 1.34. The third kappa shape index (κ3) is 4.22. The van der Waals surface area contributed by atoms with Gasteiger partial charge in [0.25, 0.3) is 0 Å². The Morgan fingerprint density at radius 1 is 0.921 bits per heavy atom. The van der Waals surface area contributed by atoms with Crippen molar-refractivity contribution in [2.75, 3.05) is 13.2 Å². The van der Waals surface area contributed by atoms with Crippen LogP contribution in [0.3, 0.4) is 0 Å². The zero-order valence-corrected chi connectivity index (χ0v) is 21.2. The van der Waals surface area contributed by atoms with Gasteiger partial charge in [0.05, 0.1) is 10.3 Å². The number of nitro groups is 1. The van der Waals surface area contributed by atoms with Crippen molar-refractivity contribution in [2.45, 2.75) is 32.6 Å². The lowest BCUT2D eigenvalue weighted by Crippen LogP contribution is -2.11. The number of carbonyl (C=O) groups excluding carboxylic acids is 1. The van der Waals surface area contributed by atoms with Crippen LogP contribution in [0.4, 0.5) is 5.69 Å². The van der Waals surface area contributed by atoms with Gasteiger partial charge in [-0.25, -0.2) is 0 Å². The van der Waals surface area contributed by atoms with Gasteiger partial charge in [0.15, 0.2) is 0 Å². The lowest BCUT2D eigenvalue weighted by Gasteiger charge is -2.25. The number of hydrogen-bond acceptors (Lipinski definition) is 5. The SMILES string of the molecule is CC(=O)OCCOc1c(-c2ccc3ccc4c(c3c2)CCC2=C4C=CCC2)cc2ccccc2c1[N+](=O)[O-]. The van der Waals surface area contributed by atoms with E-state index in [0.29, 0.717) is 10.9 Å². The Bertz CT molecular complexity index is 1680. The summed E-state index contributed by atoms with van der Waals surface area (Å²) in [5.74, 6) is -0.238. The third-order valence-electron chi connectivity index (χ3n) is 7.48. The van der Waals surface area contributed by atoms with Crippen LogP contribution in [0.1, 0.15) is 37.3 Å². The summed E-state index contributed by atoms with van der Waals surface area (Å²) in [7, 11) is 0. The molecule has 0 heterocycles. The van der Waals surface area contributed by atoms with E-state index in [4.69, 9.17) is 9.47 Å². The Morgan fingerprint density at radius 3 is 2.61 bits per heavy atom. The first-order chi connectivity index (χ1) is 18.5. The molecule has 0 fully saturated rings.